The van der Waals surface area contributed by atoms with Gasteiger partial charge in [-0.1, -0.05) is 17.7 Å². The van der Waals surface area contributed by atoms with Crippen LogP contribution in [-0.2, 0) is 10.0 Å². The molecule has 0 saturated heterocycles. The van der Waals surface area contributed by atoms with Crippen molar-refractivity contribution in [1.82, 2.24) is 0 Å². The Kier molecular flexibility index (Phi) is 5.24. The second kappa shape index (κ2) is 6.89. The van der Waals surface area contributed by atoms with E-state index in [-0.39, 0.29) is 11.3 Å². The molecule has 0 fully saturated rings. The molecular weight excluding hydrogens is 371 g/mol. The molecule has 0 amide bonds. The Hall–Kier alpha value is -2.32. The van der Waals surface area contributed by atoms with E-state index in [1.165, 1.54) is 13.0 Å². The summed E-state index contributed by atoms with van der Waals surface area (Å²) in [7, 11) is -0.855. The van der Waals surface area contributed by atoms with Crippen molar-refractivity contribution < 1.29 is 22.7 Å². The van der Waals surface area contributed by atoms with Crippen LogP contribution in [0.5, 0.6) is 0 Å². The summed E-state index contributed by atoms with van der Waals surface area (Å²) in [4.78, 5) is 12.3. The van der Waals surface area contributed by atoms with Gasteiger partial charge in [-0.25, -0.2) is 17.6 Å². The van der Waals surface area contributed by atoms with E-state index in [1.54, 1.807) is 31.1 Å². The van der Waals surface area contributed by atoms with Crippen molar-refractivity contribution in [2.75, 3.05) is 23.7 Å². The van der Waals surface area contributed by atoms with E-state index in [4.69, 9.17) is 16.7 Å². The van der Waals surface area contributed by atoms with E-state index in [9.17, 15) is 17.6 Å². The monoisotopic (exact) mass is 386 g/mol. The number of para-hydroxylation sites is 1. The van der Waals surface area contributed by atoms with Crippen LogP contribution in [-0.4, -0.2) is 33.6 Å². The Morgan fingerprint density at radius 1 is 1.28 bits per heavy atom. The molecule has 6 nitrogen and oxygen atoms in total. The van der Waals surface area contributed by atoms with Gasteiger partial charge in [0.15, 0.2) is 0 Å². The van der Waals surface area contributed by atoms with Crippen molar-refractivity contribution in [3.05, 3.63) is 52.3 Å². The maximum absolute atomic E-state index is 14.0. The number of anilines is 2. The number of hydrogen-bond acceptors (Lipinski definition) is 4. The first-order chi connectivity index (χ1) is 11.5. The molecular formula is C16H16ClFN2O4S. The van der Waals surface area contributed by atoms with Crippen LogP contribution in [0.4, 0.5) is 15.8 Å². The third-order valence-corrected chi connectivity index (χ3v) is 5.31. The van der Waals surface area contributed by atoms with Gasteiger partial charge in [-0.15, -0.1) is 0 Å². The molecule has 0 aromatic heterocycles. The highest BCUT2D eigenvalue weighted by atomic mass is 35.5. The molecule has 0 aliphatic carbocycles. The molecule has 0 saturated carbocycles. The van der Waals surface area contributed by atoms with Crippen LogP contribution in [0.3, 0.4) is 0 Å². The molecule has 0 bridgehead atoms. The number of carbonyl (C=O) groups is 1. The van der Waals surface area contributed by atoms with Gasteiger partial charge in [0.1, 0.15) is 5.82 Å². The molecule has 2 aromatic carbocycles. The maximum Gasteiger partial charge on any atom is 0.335 e. The molecule has 2 rings (SSSR count). The average Bonchev–Trinajstić information content (AvgIpc) is 2.48. The molecule has 0 aliphatic heterocycles. The second-order valence-corrected chi connectivity index (χ2v) is 7.58. The largest absolute Gasteiger partial charge is 0.478 e. The Balaban J connectivity index is 2.59. The average molecular weight is 387 g/mol. The predicted octanol–water partition coefficient (Wildman–Crippen LogP) is 3.35. The standard InChI is InChI=1S/C16H16ClFN2O4S/c1-9-12(18)7-10(16(21)22)8-14(9)25(23,24)19-13-6-4-5-11(17)15(13)20(2)3/h4-8,19H,1-3H3,(H,21,22). The summed E-state index contributed by atoms with van der Waals surface area (Å²) in [5, 5.41) is 9.35. The third-order valence-electron chi connectivity index (χ3n) is 3.51. The molecule has 25 heavy (non-hydrogen) atoms. The lowest BCUT2D eigenvalue weighted by Gasteiger charge is -2.20. The van der Waals surface area contributed by atoms with E-state index in [1.807, 2.05) is 0 Å². The highest BCUT2D eigenvalue weighted by Crippen LogP contribution is 2.34. The maximum atomic E-state index is 14.0. The molecule has 2 aromatic rings. The molecule has 9 heteroatoms. The Bertz CT molecular complexity index is 945. The van der Waals surface area contributed by atoms with Gasteiger partial charge < -0.3 is 10.0 Å². The van der Waals surface area contributed by atoms with Gasteiger partial charge in [-0.05, 0) is 31.2 Å². The number of halogens is 2. The smallest absolute Gasteiger partial charge is 0.335 e. The van der Waals surface area contributed by atoms with Crippen LogP contribution in [0.25, 0.3) is 0 Å². The van der Waals surface area contributed by atoms with E-state index in [0.29, 0.717) is 10.7 Å². The highest BCUT2D eigenvalue weighted by Gasteiger charge is 2.24. The minimum Gasteiger partial charge on any atom is -0.478 e. The van der Waals surface area contributed by atoms with Crippen LogP contribution in [0.1, 0.15) is 15.9 Å². The number of nitrogens with zero attached hydrogens (tertiary/aromatic N) is 1. The number of carboxylic acids is 1. The van der Waals surface area contributed by atoms with Crippen molar-refractivity contribution in [2.45, 2.75) is 11.8 Å². The first-order valence-corrected chi connectivity index (χ1v) is 8.93. The number of benzene rings is 2. The van der Waals surface area contributed by atoms with E-state index < -0.39 is 32.3 Å². The third kappa shape index (κ3) is 3.85. The lowest BCUT2D eigenvalue weighted by molar-refractivity contribution is 0.0696. The first kappa shape index (κ1) is 19.0. The molecule has 134 valence electrons. The summed E-state index contributed by atoms with van der Waals surface area (Å²) >= 11 is 6.11. The van der Waals surface area contributed by atoms with Crippen LogP contribution < -0.4 is 9.62 Å². The zero-order chi connectivity index (χ0) is 18.9. The fraction of sp³-hybridized carbons (Fsp3) is 0.188. The SMILES string of the molecule is Cc1c(F)cc(C(=O)O)cc1S(=O)(=O)Nc1cccc(Cl)c1N(C)C. The molecule has 0 aliphatic rings. The molecule has 0 spiro atoms. The highest BCUT2D eigenvalue weighted by molar-refractivity contribution is 7.92. The molecule has 0 heterocycles. The summed E-state index contributed by atoms with van der Waals surface area (Å²) in [6.45, 7) is 1.26. The van der Waals surface area contributed by atoms with Gasteiger partial charge in [-0.2, -0.15) is 0 Å². The summed E-state index contributed by atoms with van der Waals surface area (Å²) in [6.07, 6.45) is 0. The van der Waals surface area contributed by atoms with E-state index >= 15 is 0 Å². The number of nitrogens with one attached hydrogen (secondary N) is 1. The summed E-state index contributed by atoms with van der Waals surface area (Å²) in [6, 6.07) is 6.37. The number of hydrogen-bond donors (Lipinski definition) is 2. The predicted molar refractivity (Wildman–Crippen MR) is 94.7 cm³/mol. The fourth-order valence-corrected chi connectivity index (χ4v) is 4.00. The first-order valence-electron chi connectivity index (χ1n) is 7.06. The lowest BCUT2D eigenvalue weighted by Crippen LogP contribution is -2.19. The van der Waals surface area contributed by atoms with E-state index in [2.05, 4.69) is 4.72 Å². The molecule has 0 radical (unpaired) electrons. The van der Waals surface area contributed by atoms with Gasteiger partial charge in [0.2, 0.25) is 0 Å². The van der Waals surface area contributed by atoms with Gasteiger partial charge in [0, 0.05) is 19.7 Å². The number of aromatic carboxylic acids is 1. The van der Waals surface area contributed by atoms with Crippen molar-refractivity contribution >= 4 is 39.0 Å². The minimum atomic E-state index is -4.23. The molecule has 0 unspecified atom stereocenters. The van der Waals surface area contributed by atoms with Gasteiger partial charge in [-0.3, -0.25) is 4.72 Å². The Labute approximate surface area is 149 Å². The van der Waals surface area contributed by atoms with Crippen molar-refractivity contribution in [2.24, 2.45) is 0 Å². The quantitative estimate of drug-likeness (QED) is 0.822. The van der Waals surface area contributed by atoms with Crippen LogP contribution >= 0.6 is 11.6 Å². The summed E-state index contributed by atoms with van der Waals surface area (Å²) in [5.41, 5.74) is -0.00775. The lowest BCUT2D eigenvalue weighted by atomic mass is 10.1. The Morgan fingerprint density at radius 2 is 1.92 bits per heavy atom. The normalized spacial score (nSPS) is 11.2. The van der Waals surface area contributed by atoms with Crippen molar-refractivity contribution in [3.63, 3.8) is 0 Å². The topological polar surface area (TPSA) is 86.7 Å². The van der Waals surface area contributed by atoms with E-state index in [0.717, 1.165) is 12.1 Å². The second-order valence-electron chi connectivity index (χ2n) is 5.52. The van der Waals surface area contributed by atoms with Crippen LogP contribution in [0, 0.1) is 12.7 Å². The minimum absolute atomic E-state index is 0.175. The number of sulfonamides is 1. The number of carboxylic acid groups (broad SMARTS) is 1. The van der Waals surface area contributed by atoms with Gasteiger partial charge >= 0.3 is 5.97 Å². The summed E-state index contributed by atoms with van der Waals surface area (Å²) < 4.78 is 41.7. The molecule has 0 atom stereocenters. The van der Waals surface area contributed by atoms with Crippen LogP contribution in [0.2, 0.25) is 5.02 Å². The van der Waals surface area contributed by atoms with Gasteiger partial charge in [0.05, 0.1) is 26.9 Å². The van der Waals surface area contributed by atoms with Gasteiger partial charge in [0.25, 0.3) is 10.0 Å². The summed E-state index contributed by atoms with van der Waals surface area (Å²) in [5.74, 6) is -2.34. The zero-order valence-electron chi connectivity index (χ0n) is 13.7. The van der Waals surface area contributed by atoms with Crippen molar-refractivity contribution in [3.8, 4) is 0 Å². The van der Waals surface area contributed by atoms with Crippen molar-refractivity contribution in [1.29, 1.82) is 0 Å². The van der Waals surface area contributed by atoms with Crippen LogP contribution in [0.15, 0.2) is 35.2 Å². The zero-order valence-corrected chi connectivity index (χ0v) is 15.2. The Morgan fingerprint density at radius 3 is 2.48 bits per heavy atom. The molecule has 2 N–H and O–H groups in total. The fourth-order valence-electron chi connectivity index (χ4n) is 2.31. The number of rotatable bonds is 5.